The van der Waals surface area contributed by atoms with Gasteiger partial charge in [0.1, 0.15) is 5.82 Å². The maximum absolute atomic E-state index is 13.6. The molecule has 1 aliphatic rings. The molecule has 0 spiro atoms. The average Bonchev–Trinajstić information content (AvgIpc) is 2.70. The second-order valence-electron chi connectivity index (χ2n) is 7.35. The van der Waals surface area contributed by atoms with Crippen LogP contribution in [-0.2, 0) is 21.4 Å². The van der Waals surface area contributed by atoms with E-state index in [1.807, 2.05) is 11.8 Å². The van der Waals surface area contributed by atoms with Crippen molar-refractivity contribution in [3.05, 3.63) is 65.0 Å². The van der Waals surface area contributed by atoms with E-state index in [9.17, 15) is 17.6 Å². The summed E-state index contributed by atoms with van der Waals surface area (Å²) >= 11 is 0. The van der Waals surface area contributed by atoms with Crippen molar-refractivity contribution in [2.24, 2.45) is 0 Å². The summed E-state index contributed by atoms with van der Waals surface area (Å²) in [4.78, 5) is 14.4. The largest absolute Gasteiger partial charge is 0.351 e. The molecular formula is C21H26FN3O3S. The number of rotatable bonds is 6. The highest BCUT2D eigenvalue weighted by Gasteiger charge is 2.28. The number of aryl methyl sites for hydroxylation is 2. The van der Waals surface area contributed by atoms with Crippen LogP contribution in [0.15, 0.2) is 47.4 Å². The van der Waals surface area contributed by atoms with Gasteiger partial charge in [0.25, 0.3) is 0 Å². The fourth-order valence-corrected chi connectivity index (χ4v) is 4.62. The molecule has 0 radical (unpaired) electrons. The summed E-state index contributed by atoms with van der Waals surface area (Å²) in [6.45, 7) is 5.70. The highest BCUT2D eigenvalue weighted by atomic mass is 32.2. The van der Waals surface area contributed by atoms with Crippen LogP contribution in [-0.4, -0.2) is 56.3 Å². The van der Waals surface area contributed by atoms with Gasteiger partial charge in [-0.3, -0.25) is 9.69 Å². The Kier molecular flexibility index (Phi) is 6.66. The molecule has 0 aliphatic carbocycles. The van der Waals surface area contributed by atoms with Gasteiger partial charge < -0.3 is 5.32 Å². The van der Waals surface area contributed by atoms with E-state index in [1.165, 1.54) is 10.4 Å². The summed E-state index contributed by atoms with van der Waals surface area (Å²) in [5, 5.41) is 2.79. The van der Waals surface area contributed by atoms with Crippen LogP contribution in [0, 0.1) is 19.7 Å². The van der Waals surface area contributed by atoms with Gasteiger partial charge in [-0.15, -0.1) is 0 Å². The van der Waals surface area contributed by atoms with Gasteiger partial charge in [0.2, 0.25) is 15.9 Å². The number of hydrogen-bond donors (Lipinski definition) is 1. The number of hydrogen-bond acceptors (Lipinski definition) is 4. The Morgan fingerprint density at radius 3 is 2.31 bits per heavy atom. The number of amides is 1. The van der Waals surface area contributed by atoms with Crippen molar-refractivity contribution in [1.82, 2.24) is 14.5 Å². The lowest BCUT2D eigenvalue weighted by atomic mass is 10.1. The first-order valence-electron chi connectivity index (χ1n) is 9.56. The van der Waals surface area contributed by atoms with Crippen molar-refractivity contribution in [2.45, 2.75) is 25.3 Å². The molecule has 156 valence electrons. The van der Waals surface area contributed by atoms with Crippen LogP contribution in [0.3, 0.4) is 0 Å². The molecule has 1 aliphatic heterocycles. The standard InChI is InChI=1S/C21H26FN3O3S/c1-16-3-7-19(8-4-16)29(27,28)25-11-9-24(10-12-25)15-21(26)23-14-18-6-5-17(2)20(22)13-18/h3-8,13H,9-12,14-15H2,1-2H3,(H,23,26). The highest BCUT2D eigenvalue weighted by Crippen LogP contribution is 2.18. The Hall–Kier alpha value is -2.29. The van der Waals surface area contributed by atoms with Gasteiger partial charge in [0, 0.05) is 32.7 Å². The third-order valence-corrected chi connectivity index (χ3v) is 7.00. The molecule has 6 nitrogen and oxygen atoms in total. The Morgan fingerprint density at radius 2 is 1.69 bits per heavy atom. The van der Waals surface area contributed by atoms with Crippen molar-refractivity contribution < 1.29 is 17.6 Å². The third kappa shape index (κ3) is 5.41. The molecule has 1 fully saturated rings. The lowest BCUT2D eigenvalue weighted by Gasteiger charge is -2.33. The zero-order valence-corrected chi connectivity index (χ0v) is 17.5. The van der Waals surface area contributed by atoms with Gasteiger partial charge in [0.15, 0.2) is 0 Å². The molecule has 0 unspecified atom stereocenters. The monoisotopic (exact) mass is 419 g/mol. The maximum atomic E-state index is 13.6. The van der Waals surface area contributed by atoms with Crippen LogP contribution >= 0.6 is 0 Å². The van der Waals surface area contributed by atoms with Crippen molar-refractivity contribution in [1.29, 1.82) is 0 Å². The summed E-state index contributed by atoms with van der Waals surface area (Å²) in [6, 6.07) is 11.7. The molecule has 1 heterocycles. The smallest absolute Gasteiger partial charge is 0.243 e. The second kappa shape index (κ2) is 9.02. The Balaban J connectivity index is 1.48. The summed E-state index contributed by atoms with van der Waals surface area (Å²) in [5.41, 5.74) is 2.28. The number of nitrogens with one attached hydrogen (secondary N) is 1. The Labute approximate surface area is 171 Å². The molecule has 0 saturated carbocycles. The summed E-state index contributed by atoms with van der Waals surface area (Å²) < 4.78 is 40.5. The Bertz CT molecular complexity index is 969. The second-order valence-corrected chi connectivity index (χ2v) is 9.29. The van der Waals surface area contributed by atoms with E-state index in [0.717, 1.165) is 5.56 Å². The number of halogens is 1. The SMILES string of the molecule is Cc1ccc(S(=O)(=O)N2CCN(CC(=O)NCc3ccc(C)c(F)c3)CC2)cc1. The first kappa shape index (κ1) is 21.4. The van der Waals surface area contributed by atoms with Crippen LogP contribution in [0.2, 0.25) is 0 Å². The topological polar surface area (TPSA) is 69.7 Å². The molecule has 1 saturated heterocycles. The first-order chi connectivity index (χ1) is 13.8. The Morgan fingerprint density at radius 1 is 1.03 bits per heavy atom. The first-order valence-corrected chi connectivity index (χ1v) is 11.0. The zero-order chi connectivity index (χ0) is 21.0. The fourth-order valence-electron chi connectivity index (χ4n) is 3.19. The number of benzene rings is 2. The van der Waals surface area contributed by atoms with Gasteiger partial charge in [-0.05, 0) is 43.2 Å². The van der Waals surface area contributed by atoms with E-state index >= 15 is 0 Å². The minimum Gasteiger partial charge on any atom is -0.351 e. The number of nitrogens with zero attached hydrogens (tertiary/aromatic N) is 2. The van der Waals surface area contributed by atoms with Gasteiger partial charge in [-0.25, -0.2) is 12.8 Å². The molecule has 29 heavy (non-hydrogen) atoms. The number of piperazine rings is 1. The van der Waals surface area contributed by atoms with Crippen LogP contribution in [0.1, 0.15) is 16.7 Å². The minimum atomic E-state index is -3.51. The molecule has 8 heteroatoms. The third-order valence-electron chi connectivity index (χ3n) is 5.08. The normalized spacial score (nSPS) is 16.0. The number of carbonyl (C=O) groups is 1. The average molecular weight is 420 g/mol. The van der Waals surface area contributed by atoms with Crippen LogP contribution in [0.25, 0.3) is 0 Å². The molecule has 2 aromatic carbocycles. The molecule has 0 aromatic heterocycles. The molecule has 3 rings (SSSR count). The van der Waals surface area contributed by atoms with E-state index in [1.54, 1.807) is 43.3 Å². The van der Waals surface area contributed by atoms with Crippen molar-refractivity contribution >= 4 is 15.9 Å². The molecule has 0 atom stereocenters. The van der Waals surface area contributed by atoms with Gasteiger partial charge in [-0.2, -0.15) is 4.31 Å². The minimum absolute atomic E-state index is 0.166. The van der Waals surface area contributed by atoms with Crippen molar-refractivity contribution in [3.8, 4) is 0 Å². The lowest BCUT2D eigenvalue weighted by Crippen LogP contribution is -2.50. The summed E-state index contributed by atoms with van der Waals surface area (Å²) in [6.07, 6.45) is 0. The van der Waals surface area contributed by atoms with E-state index in [0.29, 0.717) is 42.2 Å². The van der Waals surface area contributed by atoms with Gasteiger partial charge >= 0.3 is 0 Å². The summed E-state index contributed by atoms with van der Waals surface area (Å²) in [7, 11) is -3.51. The molecule has 0 bridgehead atoms. The maximum Gasteiger partial charge on any atom is 0.243 e. The van der Waals surface area contributed by atoms with E-state index in [2.05, 4.69) is 5.32 Å². The molecule has 1 N–H and O–H groups in total. The van der Waals surface area contributed by atoms with Gasteiger partial charge in [-0.1, -0.05) is 29.8 Å². The van der Waals surface area contributed by atoms with E-state index in [4.69, 9.17) is 0 Å². The van der Waals surface area contributed by atoms with E-state index < -0.39 is 10.0 Å². The quantitative estimate of drug-likeness (QED) is 0.778. The van der Waals surface area contributed by atoms with Crippen LogP contribution in [0.4, 0.5) is 4.39 Å². The number of carbonyl (C=O) groups excluding carboxylic acids is 1. The highest BCUT2D eigenvalue weighted by molar-refractivity contribution is 7.89. The lowest BCUT2D eigenvalue weighted by molar-refractivity contribution is -0.122. The number of sulfonamides is 1. The predicted molar refractivity (Wildman–Crippen MR) is 109 cm³/mol. The molecule has 2 aromatic rings. The molecular weight excluding hydrogens is 393 g/mol. The van der Waals surface area contributed by atoms with Crippen molar-refractivity contribution in [2.75, 3.05) is 32.7 Å². The molecule has 1 amide bonds. The van der Waals surface area contributed by atoms with E-state index in [-0.39, 0.29) is 24.8 Å². The van der Waals surface area contributed by atoms with Crippen LogP contribution < -0.4 is 5.32 Å². The predicted octanol–water partition coefficient (Wildman–Crippen LogP) is 2.07. The summed E-state index contributed by atoms with van der Waals surface area (Å²) in [5.74, 6) is -0.455. The van der Waals surface area contributed by atoms with Crippen LogP contribution in [0.5, 0.6) is 0 Å². The van der Waals surface area contributed by atoms with Crippen molar-refractivity contribution in [3.63, 3.8) is 0 Å². The zero-order valence-electron chi connectivity index (χ0n) is 16.7. The van der Waals surface area contributed by atoms with Gasteiger partial charge in [0.05, 0.1) is 11.4 Å². The fraction of sp³-hybridized carbons (Fsp3) is 0.381.